The zero-order valence-electron chi connectivity index (χ0n) is 18.2. The molecule has 0 unspecified atom stereocenters. The summed E-state index contributed by atoms with van der Waals surface area (Å²) in [6, 6.07) is 10.9. The summed E-state index contributed by atoms with van der Waals surface area (Å²) in [5, 5.41) is 7.21. The van der Waals surface area contributed by atoms with Crippen LogP contribution in [0.1, 0.15) is 36.8 Å². The third-order valence-electron chi connectivity index (χ3n) is 5.34. The number of carbonyl (C=O) groups is 2. The fraction of sp³-hybridized carbons (Fsp3) is 0.304. The molecule has 0 saturated heterocycles. The number of ether oxygens (including phenoxy) is 1. The highest BCUT2D eigenvalue weighted by Crippen LogP contribution is 2.38. The zero-order valence-corrected chi connectivity index (χ0v) is 18.2. The van der Waals surface area contributed by atoms with E-state index in [0.29, 0.717) is 23.0 Å². The number of hydrogen-bond donors (Lipinski definition) is 1. The number of carbonyl (C=O) groups excluding carboxylic acids is 2. The van der Waals surface area contributed by atoms with E-state index in [1.165, 1.54) is 6.33 Å². The van der Waals surface area contributed by atoms with E-state index in [2.05, 4.69) is 15.4 Å². The normalized spacial score (nSPS) is 15.5. The summed E-state index contributed by atoms with van der Waals surface area (Å²) in [5.41, 5.74) is 3.01. The van der Waals surface area contributed by atoms with Gasteiger partial charge in [-0.05, 0) is 38.5 Å². The highest BCUT2D eigenvalue weighted by molar-refractivity contribution is 5.93. The van der Waals surface area contributed by atoms with Gasteiger partial charge < -0.3 is 19.4 Å². The molecule has 166 valence electrons. The Morgan fingerprint density at radius 2 is 1.97 bits per heavy atom. The molecular weight excluding hydrogens is 410 g/mol. The van der Waals surface area contributed by atoms with E-state index in [4.69, 9.17) is 9.15 Å². The first-order valence-electron chi connectivity index (χ1n) is 10.4. The fourth-order valence-electron chi connectivity index (χ4n) is 3.75. The number of anilines is 1. The third kappa shape index (κ3) is 4.14. The number of esters is 1. The molecule has 3 heterocycles. The number of aromatic nitrogens is 3. The third-order valence-corrected chi connectivity index (χ3v) is 5.34. The number of nitrogens with zero attached hydrogens (tertiary/aromatic N) is 4. The lowest BCUT2D eigenvalue weighted by Crippen LogP contribution is -2.42. The predicted octanol–water partition coefficient (Wildman–Crippen LogP) is 2.74. The average molecular weight is 435 g/mol. The molecule has 2 aromatic heterocycles. The van der Waals surface area contributed by atoms with Gasteiger partial charge in [-0.25, -0.2) is 9.48 Å². The van der Waals surface area contributed by atoms with Crippen LogP contribution in [0.5, 0.6) is 0 Å². The predicted molar refractivity (Wildman–Crippen MR) is 117 cm³/mol. The number of furan rings is 1. The van der Waals surface area contributed by atoms with E-state index in [-0.39, 0.29) is 25.6 Å². The van der Waals surface area contributed by atoms with Crippen LogP contribution in [-0.2, 0) is 20.9 Å². The van der Waals surface area contributed by atoms with Crippen molar-refractivity contribution in [1.29, 1.82) is 0 Å². The molecule has 1 aromatic carbocycles. The summed E-state index contributed by atoms with van der Waals surface area (Å²) in [5.74, 6) is 0.443. The number of amides is 1. The van der Waals surface area contributed by atoms with E-state index in [0.717, 1.165) is 11.1 Å². The Kier molecular flexibility index (Phi) is 6.07. The molecule has 9 heteroatoms. The largest absolute Gasteiger partial charge is 0.467 e. The number of aryl methyl sites for hydroxylation is 1. The highest BCUT2D eigenvalue weighted by atomic mass is 16.5. The molecule has 32 heavy (non-hydrogen) atoms. The monoisotopic (exact) mass is 435 g/mol. The van der Waals surface area contributed by atoms with Crippen LogP contribution in [0.25, 0.3) is 0 Å². The van der Waals surface area contributed by atoms with Crippen molar-refractivity contribution in [3.63, 3.8) is 0 Å². The number of allylic oxidation sites excluding steroid dienone is 1. The van der Waals surface area contributed by atoms with Crippen molar-refractivity contribution < 1.29 is 18.7 Å². The van der Waals surface area contributed by atoms with Crippen molar-refractivity contribution in [2.45, 2.75) is 33.4 Å². The minimum atomic E-state index is -0.505. The van der Waals surface area contributed by atoms with Gasteiger partial charge in [-0.15, -0.1) is 0 Å². The number of nitrogens with one attached hydrogen (secondary N) is 1. The van der Waals surface area contributed by atoms with Crippen LogP contribution in [0.4, 0.5) is 5.95 Å². The van der Waals surface area contributed by atoms with E-state index >= 15 is 0 Å². The lowest BCUT2D eigenvalue weighted by molar-refractivity contribution is -0.139. The van der Waals surface area contributed by atoms with Gasteiger partial charge in [0.25, 0.3) is 0 Å². The van der Waals surface area contributed by atoms with Crippen LogP contribution < -0.4 is 10.2 Å². The van der Waals surface area contributed by atoms with E-state index in [9.17, 15) is 9.59 Å². The molecule has 1 amide bonds. The molecule has 9 nitrogen and oxygen atoms in total. The second-order valence-corrected chi connectivity index (χ2v) is 7.48. The van der Waals surface area contributed by atoms with E-state index < -0.39 is 12.0 Å². The number of fused-ring (bicyclic) bond motifs is 1. The summed E-state index contributed by atoms with van der Waals surface area (Å²) >= 11 is 0. The summed E-state index contributed by atoms with van der Waals surface area (Å²) in [6.45, 7) is 6.04. The zero-order chi connectivity index (χ0) is 22.7. The van der Waals surface area contributed by atoms with Crippen LogP contribution >= 0.6 is 0 Å². The van der Waals surface area contributed by atoms with Crippen LogP contribution in [0.3, 0.4) is 0 Å². The highest BCUT2D eigenvalue weighted by Gasteiger charge is 2.38. The molecule has 0 radical (unpaired) electrons. The van der Waals surface area contributed by atoms with Crippen molar-refractivity contribution >= 4 is 17.8 Å². The summed E-state index contributed by atoms with van der Waals surface area (Å²) in [7, 11) is 0. The van der Waals surface area contributed by atoms with Crippen molar-refractivity contribution in [1.82, 2.24) is 20.1 Å². The molecule has 1 atom stereocenters. The maximum atomic E-state index is 13.0. The van der Waals surface area contributed by atoms with Crippen LogP contribution in [0, 0.1) is 6.92 Å². The molecule has 0 bridgehead atoms. The molecule has 0 saturated carbocycles. The summed E-state index contributed by atoms with van der Waals surface area (Å²) in [6.07, 6.45) is 2.98. The molecule has 0 fully saturated rings. The first-order chi connectivity index (χ1) is 15.5. The topological polar surface area (TPSA) is 102 Å². The Morgan fingerprint density at radius 3 is 2.66 bits per heavy atom. The second-order valence-electron chi connectivity index (χ2n) is 7.48. The Bertz CT molecular complexity index is 1130. The molecule has 1 aliphatic heterocycles. The Morgan fingerprint density at radius 1 is 1.19 bits per heavy atom. The number of benzene rings is 1. The first kappa shape index (κ1) is 21.4. The minimum Gasteiger partial charge on any atom is -0.467 e. The van der Waals surface area contributed by atoms with Gasteiger partial charge in [0.15, 0.2) is 0 Å². The van der Waals surface area contributed by atoms with Crippen molar-refractivity contribution in [3.8, 4) is 0 Å². The van der Waals surface area contributed by atoms with Crippen molar-refractivity contribution in [3.05, 3.63) is 77.1 Å². The smallest absolute Gasteiger partial charge is 0.338 e. The Labute approximate surface area is 185 Å². The van der Waals surface area contributed by atoms with Crippen molar-refractivity contribution in [2.24, 2.45) is 0 Å². The van der Waals surface area contributed by atoms with Gasteiger partial charge in [-0.2, -0.15) is 10.1 Å². The molecule has 3 aromatic rings. The average Bonchev–Trinajstić information content (AvgIpc) is 3.47. The van der Waals surface area contributed by atoms with Gasteiger partial charge in [0.1, 0.15) is 24.7 Å². The number of rotatable bonds is 7. The molecule has 0 spiro atoms. The fourth-order valence-corrected chi connectivity index (χ4v) is 3.75. The van der Waals surface area contributed by atoms with Gasteiger partial charge >= 0.3 is 5.97 Å². The first-order valence-corrected chi connectivity index (χ1v) is 10.4. The standard InChI is InChI=1S/C23H25N5O4/c1-4-31-22(30)20-16(3)27(13-19(29)24-12-18-6-5-11-32-18)23-25-14-26-28(23)21(20)17-9-7-15(2)8-10-17/h5-11,14,21H,4,12-13H2,1-3H3,(H,24,29)/t21-/m1/s1. The van der Waals surface area contributed by atoms with Gasteiger partial charge in [0.05, 0.1) is 25.0 Å². The molecule has 4 rings (SSSR count). The lowest BCUT2D eigenvalue weighted by Gasteiger charge is -2.35. The molecule has 1 aliphatic rings. The van der Waals surface area contributed by atoms with Crippen LogP contribution in [0.2, 0.25) is 0 Å². The van der Waals surface area contributed by atoms with Gasteiger partial charge in [0, 0.05) is 5.70 Å². The van der Waals surface area contributed by atoms with Gasteiger partial charge in [-0.1, -0.05) is 29.8 Å². The molecule has 0 aliphatic carbocycles. The second kappa shape index (κ2) is 9.09. The Balaban J connectivity index is 1.69. The van der Waals surface area contributed by atoms with Crippen LogP contribution in [0.15, 0.2) is 64.7 Å². The SMILES string of the molecule is CCOC(=O)C1=C(C)N(CC(=O)NCc2ccco2)c2ncnn2[C@@H]1c1ccc(C)cc1. The maximum Gasteiger partial charge on any atom is 0.338 e. The molecular formula is C23H25N5O4. The number of hydrogen-bond acceptors (Lipinski definition) is 7. The van der Waals surface area contributed by atoms with E-state index in [1.807, 2.05) is 31.2 Å². The quantitative estimate of drug-likeness (QED) is 0.569. The Hall–Kier alpha value is -3.88. The van der Waals surface area contributed by atoms with Crippen LogP contribution in [-0.4, -0.2) is 39.8 Å². The minimum absolute atomic E-state index is 0.0330. The molecule has 1 N–H and O–H groups in total. The lowest BCUT2D eigenvalue weighted by atomic mass is 9.94. The maximum absolute atomic E-state index is 13.0. The summed E-state index contributed by atoms with van der Waals surface area (Å²) < 4.78 is 12.3. The summed E-state index contributed by atoms with van der Waals surface area (Å²) in [4.78, 5) is 31.8. The van der Waals surface area contributed by atoms with Crippen molar-refractivity contribution in [2.75, 3.05) is 18.1 Å². The van der Waals surface area contributed by atoms with E-state index in [1.54, 1.807) is 41.8 Å². The van der Waals surface area contributed by atoms with Gasteiger partial charge in [-0.3, -0.25) is 4.79 Å². The van der Waals surface area contributed by atoms with Gasteiger partial charge in [0.2, 0.25) is 11.9 Å².